The van der Waals surface area contributed by atoms with E-state index in [0.29, 0.717) is 19.6 Å². The summed E-state index contributed by atoms with van der Waals surface area (Å²) in [4.78, 5) is 0. The third kappa shape index (κ3) is 5.43. The Morgan fingerprint density at radius 1 is 0.895 bits per heavy atom. The van der Waals surface area contributed by atoms with Gasteiger partial charge in [0.05, 0.1) is 25.0 Å². The Morgan fingerprint density at radius 3 is 2.34 bits per heavy atom. The molecule has 0 aliphatic carbocycles. The zero-order valence-electron chi connectivity index (χ0n) is 21.3. The molecule has 7 heteroatoms. The van der Waals surface area contributed by atoms with Gasteiger partial charge in [-0.25, -0.2) is 0 Å². The van der Waals surface area contributed by atoms with Crippen LogP contribution in [0.4, 0.5) is 0 Å². The van der Waals surface area contributed by atoms with E-state index in [1.165, 1.54) is 0 Å². The summed E-state index contributed by atoms with van der Waals surface area (Å²) >= 11 is 0. The minimum Gasteiger partial charge on any atom is -0.370 e. The van der Waals surface area contributed by atoms with Crippen molar-refractivity contribution in [1.29, 1.82) is 0 Å². The molecule has 1 unspecified atom stereocenters. The van der Waals surface area contributed by atoms with Gasteiger partial charge >= 0.3 is 0 Å². The monoisotopic (exact) mass is 512 g/mol. The van der Waals surface area contributed by atoms with Crippen molar-refractivity contribution >= 4 is 0 Å². The fraction of sp³-hybridized carbons (Fsp3) is 0.323. The van der Waals surface area contributed by atoms with Crippen LogP contribution in [0.1, 0.15) is 23.1 Å². The van der Waals surface area contributed by atoms with Crippen molar-refractivity contribution in [2.24, 2.45) is 5.92 Å². The molecule has 38 heavy (non-hydrogen) atoms. The predicted molar refractivity (Wildman–Crippen MR) is 142 cm³/mol. The maximum atomic E-state index is 6.66. The molecule has 7 nitrogen and oxygen atoms in total. The molecule has 3 heterocycles. The lowest BCUT2D eigenvalue weighted by Gasteiger charge is -2.49. The molecule has 0 saturated carbocycles. The second kappa shape index (κ2) is 11.6. The Hall–Kier alpha value is -3.33. The molecule has 0 bridgehead atoms. The van der Waals surface area contributed by atoms with E-state index in [2.05, 4.69) is 40.5 Å². The second-order valence-electron chi connectivity index (χ2n) is 9.73. The van der Waals surface area contributed by atoms with Gasteiger partial charge in [0.1, 0.15) is 12.2 Å². The van der Waals surface area contributed by atoms with Gasteiger partial charge in [0, 0.05) is 29.8 Å². The van der Waals surface area contributed by atoms with Crippen molar-refractivity contribution in [2.45, 2.75) is 43.9 Å². The summed E-state index contributed by atoms with van der Waals surface area (Å²) in [7, 11) is 1.67. The molecule has 3 aromatic carbocycles. The number of benzene rings is 3. The van der Waals surface area contributed by atoms with E-state index < -0.39 is 12.6 Å². The summed E-state index contributed by atoms with van der Waals surface area (Å²) in [6, 6.07) is 32.4. The third-order valence-corrected chi connectivity index (χ3v) is 7.21. The lowest BCUT2D eigenvalue weighted by Crippen LogP contribution is -2.60. The minimum absolute atomic E-state index is 0.136. The number of aromatic amines is 1. The molecule has 1 aromatic heterocycles. The van der Waals surface area contributed by atoms with Crippen LogP contribution in [0.15, 0.2) is 97.1 Å². The van der Waals surface area contributed by atoms with Crippen LogP contribution in [0.25, 0.3) is 11.3 Å². The number of H-pyrrole nitrogens is 1. The Balaban J connectivity index is 1.28. The zero-order valence-corrected chi connectivity index (χ0v) is 21.3. The average Bonchev–Trinajstić information content (AvgIpc) is 3.46. The maximum absolute atomic E-state index is 6.66. The van der Waals surface area contributed by atoms with Crippen LogP contribution in [0.5, 0.6) is 0 Å². The van der Waals surface area contributed by atoms with E-state index in [1.54, 1.807) is 7.11 Å². The quantitative estimate of drug-likeness (QED) is 0.345. The van der Waals surface area contributed by atoms with Crippen LogP contribution in [-0.2, 0) is 36.7 Å². The minimum atomic E-state index is -0.486. The third-order valence-electron chi connectivity index (χ3n) is 7.21. The van der Waals surface area contributed by atoms with Gasteiger partial charge in [-0.15, -0.1) is 0 Å². The first kappa shape index (κ1) is 25.0. The number of hydrogen-bond donors (Lipinski definition) is 1. The van der Waals surface area contributed by atoms with Crippen molar-refractivity contribution in [2.75, 3.05) is 13.7 Å². The lowest BCUT2D eigenvalue weighted by molar-refractivity contribution is -0.356. The standard InChI is InChI=1S/C31H32N2O5/c1-34-31-25(17-24-18-26(33-32-24)22-13-7-3-8-14-22)28(35-19-21-11-5-2-6-12-21)29-27(37-31)20-36-30(38-29)23-15-9-4-10-16-23/h2-16,18,25,27-31H,17,19-20H2,1H3,(H,32,33)/t25-,27+,28-,29+,30?,31-/m0/s1. The molecule has 0 spiro atoms. The van der Waals surface area contributed by atoms with Crippen LogP contribution >= 0.6 is 0 Å². The predicted octanol–water partition coefficient (Wildman–Crippen LogP) is 5.31. The molecule has 6 atom stereocenters. The summed E-state index contributed by atoms with van der Waals surface area (Å²) < 4.78 is 31.5. The molecule has 2 fully saturated rings. The maximum Gasteiger partial charge on any atom is 0.184 e. The smallest absolute Gasteiger partial charge is 0.184 e. The molecular formula is C31H32N2O5. The highest BCUT2D eigenvalue weighted by Crippen LogP contribution is 2.39. The molecule has 0 radical (unpaired) electrons. The normalized spacial score (nSPS) is 27.1. The van der Waals surface area contributed by atoms with Crippen LogP contribution in [0.3, 0.4) is 0 Å². The molecule has 4 aromatic rings. The van der Waals surface area contributed by atoms with E-state index >= 15 is 0 Å². The number of aromatic nitrogens is 2. The number of nitrogens with zero attached hydrogens (tertiary/aromatic N) is 1. The number of methoxy groups -OCH3 is 1. The van der Waals surface area contributed by atoms with E-state index in [1.807, 2.05) is 66.7 Å². The molecule has 2 aliphatic rings. The largest absolute Gasteiger partial charge is 0.370 e. The first-order chi connectivity index (χ1) is 18.8. The van der Waals surface area contributed by atoms with Crippen LogP contribution in [-0.4, -0.2) is 48.5 Å². The van der Waals surface area contributed by atoms with Crippen molar-refractivity contribution in [1.82, 2.24) is 10.2 Å². The summed E-state index contributed by atoms with van der Waals surface area (Å²) in [5, 5.41) is 7.77. The number of hydrogen-bond acceptors (Lipinski definition) is 6. The van der Waals surface area contributed by atoms with Gasteiger partial charge in [-0.2, -0.15) is 5.10 Å². The van der Waals surface area contributed by atoms with Crippen molar-refractivity contribution < 1.29 is 23.7 Å². The Labute approximate surface area is 222 Å². The van der Waals surface area contributed by atoms with Gasteiger partial charge in [-0.05, 0) is 18.1 Å². The van der Waals surface area contributed by atoms with E-state index in [0.717, 1.165) is 28.1 Å². The second-order valence-corrected chi connectivity index (χ2v) is 9.73. The fourth-order valence-electron chi connectivity index (χ4n) is 5.31. The summed E-state index contributed by atoms with van der Waals surface area (Å²) in [6.45, 7) is 0.852. The molecule has 2 aliphatic heterocycles. The van der Waals surface area contributed by atoms with E-state index in [-0.39, 0.29) is 24.2 Å². The highest BCUT2D eigenvalue weighted by Gasteiger charge is 2.50. The van der Waals surface area contributed by atoms with Crippen LogP contribution in [0.2, 0.25) is 0 Å². The topological polar surface area (TPSA) is 74.8 Å². The molecule has 1 N–H and O–H groups in total. The Morgan fingerprint density at radius 2 is 1.61 bits per heavy atom. The van der Waals surface area contributed by atoms with Crippen LogP contribution in [0, 0.1) is 5.92 Å². The van der Waals surface area contributed by atoms with Crippen molar-refractivity contribution in [3.63, 3.8) is 0 Å². The fourth-order valence-corrected chi connectivity index (χ4v) is 5.31. The van der Waals surface area contributed by atoms with E-state index in [9.17, 15) is 0 Å². The van der Waals surface area contributed by atoms with Gasteiger partial charge in [0.2, 0.25) is 0 Å². The molecule has 196 valence electrons. The summed E-state index contributed by atoms with van der Waals surface area (Å²) in [5.74, 6) is -0.136. The van der Waals surface area contributed by atoms with Crippen LogP contribution < -0.4 is 0 Å². The first-order valence-corrected chi connectivity index (χ1v) is 13.0. The van der Waals surface area contributed by atoms with Gasteiger partial charge in [-0.3, -0.25) is 5.10 Å². The summed E-state index contributed by atoms with van der Waals surface area (Å²) in [5.41, 5.74) is 5.02. The first-order valence-electron chi connectivity index (χ1n) is 13.0. The number of rotatable bonds is 8. The molecular weight excluding hydrogens is 480 g/mol. The highest BCUT2D eigenvalue weighted by atomic mass is 16.7. The van der Waals surface area contributed by atoms with Gasteiger partial charge in [0.25, 0.3) is 0 Å². The van der Waals surface area contributed by atoms with E-state index in [4.69, 9.17) is 23.7 Å². The number of nitrogens with one attached hydrogen (secondary N) is 1. The summed E-state index contributed by atoms with van der Waals surface area (Å²) in [6.07, 6.45) is -1.27. The highest BCUT2D eigenvalue weighted by molar-refractivity contribution is 5.58. The van der Waals surface area contributed by atoms with Gasteiger partial charge in [-0.1, -0.05) is 91.0 Å². The number of fused-ring (bicyclic) bond motifs is 1. The lowest BCUT2D eigenvalue weighted by atomic mass is 9.86. The van der Waals surface area contributed by atoms with Crippen molar-refractivity contribution in [3.8, 4) is 11.3 Å². The zero-order chi connectivity index (χ0) is 25.7. The SMILES string of the molecule is CO[C@H]1O[C@@H]2COC(c3ccccc3)O[C@H]2[C@@H](OCc2ccccc2)[C@@H]1Cc1cc(-c2ccccc2)n[nH]1. The van der Waals surface area contributed by atoms with Crippen molar-refractivity contribution in [3.05, 3.63) is 114 Å². The molecule has 2 saturated heterocycles. The Bertz CT molecular complexity index is 1280. The number of ether oxygens (including phenoxy) is 5. The van der Waals surface area contributed by atoms with Gasteiger partial charge < -0.3 is 23.7 Å². The molecule has 0 amide bonds. The average molecular weight is 513 g/mol. The van der Waals surface area contributed by atoms with Gasteiger partial charge in [0.15, 0.2) is 12.6 Å². The molecule has 6 rings (SSSR count). The Kier molecular flexibility index (Phi) is 7.62.